The first-order chi connectivity index (χ1) is 5.64. The van der Waals surface area contributed by atoms with Gasteiger partial charge in [-0.15, -0.1) is 5.73 Å². The van der Waals surface area contributed by atoms with E-state index in [1.54, 1.807) is 0 Å². The van der Waals surface area contributed by atoms with E-state index in [0.717, 1.165) is 6.08 Å². The van der Waals surface area contributed by atoms with Crippen LogP contribution in [0.25, 0.3) is 0 Å². The average Bonchev–Trinajstić information content (AvgIpc) is 2.06. The predicted molar refractivity (Wildman–Crippen MR) is 53.0 cm³/mol. The Balaban J connectivity index is -0.000000115. The van der Waals surface area contributed by atoms with Gasteiger partial charge in [0.05, 0.1) is 7.11 Å². The number of esters is 1. The molecule has 0 N–H and O–H groups in total. The zero-order chi connectivity index (χ0) is 10.4. The van der Waals surface area contributed by atoms with Crippen LogP contribution in [0.15, 0.2) is 43.7 Å². The fourth-order valence-corrected chi connectivity index (χ4v) is 0.0833. The summed E-state index contributed by atoms with van der Waals surface area (Å²) in [5, 5.41) is 0. The molecule has 0 radical (unpaired) electrons. The summed E-state index contributed by atoms with van der Waals surface area (Å²) in [7, 11) is 1.31. The summed E-state index contributed by atoms with van der Waals surface area (Å²) in [6, 6.07) is 0. The van der Waals surface area contributed by atoms with Gasteiger partial charge in [0.15, 0.2) is 0 Å². The van der Waals surface area contributed by atoms with Crippen molar-refractivity contribution < 1.29 is 9.53 Å². The first-order valence-electron chi connectivity index (χ1n) is 2.85. The highest BCUT2D eigenvalue weighted by atomic mass is 35.5. The lowest BCUT2D eigenvalue weighted by Gasteiger charge is -1.83. The minimum Gasteiger partial charge on any atom is -0.466 e. The van der Waals surface area contributed by atoms with Crippen LogP contribution in [0.3, 0.4) is 0 Å². The molecular weight excluding hydrogens is 176 g/mol. The van der Waals surface area contributed by atoms with Crippen molar-refractivity contribution in [3.63, 3.8) is 0 Å². The minimum absolute atomic E-state index is 0.394. The SMILES string of the molecule is C=C=C.C=CC(=O)OC.C=CCl. The number of methoxy groups -OCH3 is 1. The van der Waals surface area contributed by atoms with E-state index in [1.807, 2.05) is 0 Å². The quantitative estimate of drug-likeness (QED) is 0.359. The molecule has 0 aliphatic heterocycles. The van der Waals surface area contributed by atoms with E-state index in [1.165, 1.54) is 12.6 Å². The molecule has 0 aliphatic rings. The molecule has 0 fully saturated rings. The standard InChI is InChI=1S/C4H6O2.C3H4.C2H3Cl/c1-3-4(5)6-2;1-3-2;1-2-3/h3H,1H2,2H3;1-2H2;2H,1H2. The number of carbonyl (C=O) groups excluding carboxylic acids is 1. The lowest BCUT2D eigenvalue weighted by molar-refractivity contribution is -0.134. The Kier molecular flexibility index (Phi) is 32.0. The Hall–Kier alpha value is -1.24. The van der Waals surface area contributed by atoms with E-state index < -0.39 is 5.97 Å². The van der Waals surface area contributed by atoms with Crippen molar-refractivity contribution in [2.24, 2.45) is 0 Å². The normalized spacial score (nSPS) is 5.17. The van der Waals surface area contributed by atoms with Gasteiger partial charge in [-0.25, -0.2) is 4.79 Å². The lowest BCUT2D eigenvalue weighted by atomic mass is 10.7. The molecule has 12 heavy (non-hydrogen) atoms. The maximum atomic E-state index is 9.84. The molecule has 0 atom stereocenters. The van der Waals surface area contributed by atoms with Gasteiger partial charge in [0.2, 0.25) is 0 Å². The molecule has 0 rings (SSSR count). The van der Waals surface area contributed by atoms with Crippen LogP contribution >= 0.6 is 11.6 Å². The van der Waals surface area contributed by atoms with Gasteiger partial charge in [0.1, 0.15) is 0 Å². The Labute approximate surface area is 78.5 Å². The summed E-state index contributed by atoms with van der Waals surface area (Å²) in [5.41, 5.74) is 3.47. The van der Waals surface area contributed by atoms with Gasteiger partial charge in [-0.05, 0) is 5.54 Å². The van der Waals surface area contributed by atoms with Crippen LogP contribution < -0.4 is 0 Å². The largest absolute Gasteiger partial charge is 0.466 e. The molecule has 0 bridgehead atoms. The van der Waals surface area contributed by atoms with Crippen LogP contribution in [0, 0.1) is 0 Å². The predicted octanol–water partition coefficient (Wildman–Crippen LogP) is 2.67. The molecule has 3 heteroatoms. The fourth-order valence-electron chi connectivity index (χ4n) is 0.0833. The summed E-state index contributed by atoms with van der Waals surface area (Å²) in [4.78, 5) is 9.84. The van der Waals surface area contributed by atoms with Crippen molar-refractivity contribution >= 4 is 17.6 Å². The first kappa shape index (κ1) is 17.0. The molecule has 0 amide bonds. The van der Waals surface area contributed by atoms with Crippen molar-refractivity contribution in [1.82, 2.24) is 0 Å². The van der Waals surface area contributed by atoms with Crippen molar-refractivity contribution in [2.75, 3.05) is 7.11 Å². The van der Waals surface area contributed by atoms with Crippen LogP contribution in [0.5, 0.6) is 0 Å². The average molecular weight is 189 g/mol. The molecule has 0 unspecified atom stereocenters. The smallest absolute Gasteiger partial charge is 0.329 e. The van der Waals surface area contributed by atoms with Gasteiger partial charge in [-0.2, -0.15) is 0 Å². The zero-order valence-electron chi connectivity index (χ0n) is 7.18. The Morgan fingerprint density at radius 1 is 1.50 bits per heavy atom. The molecule has 68 valence electrons. The Bertz CT molecular complexity index is 156. The van der Waals surface area contributed by atoms with E-state index in [2.05, 4.69) is 36.8 Å². The molecule has 0 aromatic rings. The Morgan fingerprint density at radius 3 is 1.75 bits per heavy atom. The first-order valence-corrected chi connectivity index (χ1v) is 3.28. The van der Waals surface area contributed by atoms with Gasteiger partial charge in [-0.3, -0.25) is 0 Å². The molecule has 0 saturated heterocycles. The molecule has 0 saturated carbocycles. The summed E-state index contributed by atoms with van der Waals surface area (Å²) < 4.78 is 4.14. The fraction of sp³-hybridized carbons (Fsp3) is 0.111. The second-order valence-electron chi connectivity index (χ2n) is 1.13. The number of hydrogen-bond donors (Lipinski definition) is 0. The summed E-state index contributed by atoms with van der Waals surface area (Å²) in [6.07, 6.45) is 1.11. The number of hydrogen-bond acceptors (Lipinski definition) is 2. The van der Waals surface area contributed by atoms with E-state index in [-0.39, 0.29) is 0 Å². The van der Waals surface area contributed by atoms with Crippen LogP contribution in [-0.2, 0) is 9.53 Å². The molecule has 0 aliphatic carbocycles. The molecule has 0 heterocycles. The number of halogens is 1. The third-order valence-corrected chi connectivity index (χ3v) is 0.368. The number of carbonyl (C=O) groups is 1. The molecule has 0 aromatic carbocycles. The number of ether oxygens (including phenoxy) is 1. The van der Waals surface area contributed by atoms with Crippen molar-refractivity contribution in [3.8, 4) is 0 Å². The highest BCUT2D eigenvalue weighted by Gasteiger charge is 1.81. The maximum absolute atomic E-state index is 9.84. The monoisotopic (exact) mass is 188 g/mol. The van der Waals surface area contributed by atoms with E-state index in [0.29, 0.717) is 0 Å². The minimum atomic E-state index is -0.394. The van der Waals surface area contributed by atoms with Crippen molar-refractivity contribution in [3.05, 3.63) is 43.7 Å². The summed E-state index contributed by atoms with van der Waals surface area (Å²) in [6.45, 7) is 12.5. The molecule has 0 aromatic heterocycles. The third-order valence-electron chi connectivity index (χ3n) is 0.368. The van der Waals surface area contributed by atoms with Gasteiger partial charge in [0.25, 0.3) is 0 Å². The second kappa shape index (κ2) is 22.6. The van der Waals surface area contributed by atoms with E-state index >= 15 is 0 Å². The van der Waals surface area contributed by atoms with Gasteiger partial charge in [-0.1, -0.05) is 37.9 Å². The van der Waals surface area contributed by atoms with Crippen molar-refractivity contribution in [2.45, 2.75) is 0 Å². The van der Waals surface area contributed by atoms with E-state index in [9.17, 15) is 4.79 Å². The van der Waals surface area contributed by atoms with Gasteiger partial charge < -0.3 is 4.74 Å². The van der Waals surface area contributed by atoms with Gasteiger partial charge in [0, 0.05) is 6.08 Å². The zero-order valence-corrected chi connectivity index (χ0v) is 7.93. The lowest BCUT2D eigenvalue weighted by Crippen LogP contribution is -1.91. The molecule has 0 spiro atoms. The Morgan fingerprint density at radius 2 is 1.75 bits per heavy atom. The third kappa shape index (κ3) is 69.2. The highest BCUT2D eigenvalue weighted by molar-refractivity contribution is 6.25. The van der Waals surface area contributed by atoms with E-state index in [4.69, 9.17) is 11.6 Å². The molecule has 2 nitrogen and oxygen atoms in total. The summed E-state index contributed by atoms with van der Waals surface area (Å²) in [5.74, 6) is -0.394. The van der Waals surface area contributed by atoms with Crippen LogP contribution in [0.2, 0.25) is 0 Å². The maximum Gasteiger partial charge on any atom is 0.329 e. The van der Waals surface area contributed by atoms with Crippen LogP contribution in [0.4, 0.5) is 0 Å². The van der Waals surface area contributed by atoms with Crippen LogP contribution in [-0.4, -0.2) is 13.1 Å². The molecular formula is C9H13ClO2. The van der Waals surface area contributed by atoms with Gasteiger partial charge >= 0.3 is 5.97 Å². The number of rotatable bonds is 1. The second-order valence-corrected chi connectivity index (χ2v) is 1.44. The topological polar surface area (TPSA) is 26.3 Å². The summed E-state index contributed by atoms with van der Waals surface area (Å²) >= 11 is 4.76. The highest BCUT2D eigenvalue weighted by Crippen LogP contribution is 1.67. The van der Waals surface area contributed by atoms with Crippen molar-refractivity contribution in [1.29, 1.82) is 0 Å². The van der Waals surface area contributed by atoms with Crippen LogP contribution in [0.1, 0.15) is 0 Å².